The standard InChI is InChI=1S/C21H35N3O4.HI/c1-4-22-21(23-11-7-12-26-16-20-10-6-13-27-20)24-15-17(2)28-19-9-5-8-18(14-19)25-3;/h5,8-9,14,17,20H,4,6-7,10-13,15-16H2,1-3H3,(H2,22,23,24);1H. The average molecular weight is 521 g/mol. The summed E-state index contributed by atoms with van der Waals surface area (Å²) in [6.45, 7) is 8.54. The van der Waals surface area contributed by atoms with Crippen LogP contribution in [0, 0.1) is 0 Å². The second-order valence-electron chi connectivity index (χ2n) is 6.82. The van der Waals surface area contributed by atoms with Crippen molar-refractivity contribution in [2.45, 2.75) is 45.3 Å². The van der Waals surface area contributed by atoms with Gasteiger partial charge >= 0.3 is 0 Å². The van der Waals surface area contributed by atoms with Crippen molar-refractivity contribution in [1.82, 2.24) is 10.6 Å². The highest BCUT2D eigenvalue weighted by molar-refractivity contribution is 14.0. The molecule has 0 aliphatic carbocycles. The molecule has 29 heavy (non-hydrogen) atoms. The molecule has 1 saturated heterocycles. The zero-order valence-corrected chi connectivity index (χ0v) is 20.1. The van der Waals surface area contributed by atoms with Gasteiger partial charge in [-0.15, -0.1) is 24.0 Å². The van der Waals surface area contributed by atoms with Crippen LogP contribution in [0.25, 0.3) is 0 Å². The molecule has 1 aliphatic rings. The summed E-state index contributed by atoms with van der Waals surface area (Å²) in [6, 6.07) is 7.60. The molecule has 0 saturated carbocycles. The van der Waals surface area contributed by atoms with E-state index in [-0.39, 0.29) is 36.2 Å². The first-order valence-electron chi connectivity index (χ1n) is 10.2. The highest BCUT2D eigenvalue weighted by Gasteiger charge is 2.14. The molecule has 1 aromatic rings. The van der Waals surface area contributed by atoms with Gasteiger partial charge in [-0.1, -0.05) is 6.07 Å². The molecule has 1 aliphatic heterocycles. The van der Waals surface area contributed by atoms with Crippen LogP contribution in [-0.4, -0.2) is 64.7 Å². The fraction of sp³-hybridized carbons (Fsp3) is 0.667. The summed E-state index contributed by atoms with van der Waals surface area (Å²) in [5, 5.41) is 6.60. The lowest BCUT2D eigenvalue weighted by Gasteiger charge is -2.16. The van der Waals surface area contributed by atoms with Crippen molar-refractivity contribution < 1.29 is 18.9 Å². The largest absolute Gasteiger partial charge is 0.497 e. The molecule has 1 fully saturated rings. The number of aliphatic imine (C=N–C) groups is 1. The van der Waals surface area contributed by atoms with Gasteiger partial charge in [0.2, 0.25) is 0 Å². The number of halogens is 1. The van der Waals surface area contributed by atoms with Gasteiger partial charge in [0.1, 0.15) is 17.6 Å². The minimum atomic E-state index is -0.0442. The van der Waals surface area contributed by atoms with E-state index in [1.165, 1.54) is 0 Å². The Morgan fingerprint density at radius 2 is 2.14 bits per heavy atom. The summed E-state index contributed by atoms with van der Waals surface area (Å²) in [5.74, 6) is 2.36. The number of hydrogen-bond donors (Lipinski definition) is 2. The Labute approximate surface area is 191 Å². The number of ether oxygens (including phenoxy) is 4. The van der Waals surface area contributed by atoms with Crippen molar-refractivity contribution in [2.75, 3.05) is 46.6 Å². The molecule has 0 aromatic heterocycles. The number of benzene rings is 1. The molecule has 1 heterocycles. The van der Waals surface area contributed by atoms with Crippen molar-refractivity contribution in [3.05, 3.63) is 24.3 Å². The van der Waals surface area contributed by atoms with Gasteiger partial charge < -0.3 is 29.6 Å². The van der Waals surface area contributed by atoms with Crippen molar-refractivity contribution in [1.29, 1.82) is 0 Å². The van der Waals surface area contributed by atoms with Gasteiger partial charge in [-0.2, -0.15) is 0 Å². The molecule has 8 heteroatoms. The minimum Gasteiger partial charge on any atom is -0.497 e. The monoisotopic (exact) mass is 521 g/mol. The third-order valence-electron chi connectivity index (χ3n) is 4.31. The van der Waals surface area contributed by atoms with E-state index in [0.717, 1.165) is 63.0 Å². The topological polar surface area (TPSA) is 73.3 Å². The molecule has 0 spiro atoms. The predicted molar refractivity (Wildman–Crippen MR) is 127 cm³/mol. The lowest BCUT2D eigenvalue weighted by molar-refractivity contribution is 0.0168. The van der Waals surface area contributed by atoms with Gasteiger partial charge in [0.15, 0.2) is 5.96 Å². The Bertz CT molecular complexity index is 583. The minimum absolute atomic E-state index is 0. The van der Waals surface area contributed by atoms with E-state index < -0.39 is 0 Å². The lowest BCUT2D eigenvalue weighted by atomic mass is 10.2. The van der Waals surface area contributed by atoms with Crippen LogP contribution in [0.4, 0.5) is 0 Å². The first kappa shape index (κ1) is 25.8. The SMILES string of the molecule is CCNC(=NCC(C)Oc1cccc(OC)c1)NCCCOCC1CCCO1.I. The van der Waals surface area contributed by atoms with Gasteiger partial charge in [0.05, 0.1) is 26.4 Å². The molecule has 2 N–H and O–H groups in total. The molecule has 1 aromatic carbocycles. The van der Waals surface area contributed by atoms with Crippen molar-refractivity contribution >= 4 is 29.9 Å². The van der Waals surface area contributed by atoms with E-state index >= 15 is 0 Å². The Hall–Kier alpha value is -1.26. The number of guanidine groups is 1. The molecule has 166 valence electrons. The zero-order valence-electron chi connectivity index (χ0n) is 17.8. The second-order valence-corrected chi connectivity index (χ2v) is 6.82. The molecule has 2 atom stereocenters. The summed E-state index contributed by atoms with van der Waals surface area (Å²) >= 11 is 0. The van der Waals surface area contributed by atoms with Gasteiger partial charge in [0, 0.05) is 32.4 Å². The first-order valence-corrected chi connectivity index (χ1v) is 10.2. The molecular weight excluding hydrogens is 485 g/mol. The Morgan fingerprint density at radius 1 is 1.31 bits per heavy atom. The maximum atomic E-state index is 5.92. The van der Waals surface area contributed by atoms with E-state index in [1.807, 2.05) is 31.2 Å². The summed E-state index contributed by atoms with van der Waals surface area (Å²) in [5.41, 5.74) is 0. The Kier molecular flexibility index (Phi) is 13.8. The smallest absolute Gasteiger partial charge is 0.191 e. The number of hydrogen-bond acceptors (Lipinski definition) is 5. The molecule has 2 unspecified atom stereocenters. The van der Waals surface area contributed by atoms with Crippen molar-refractivity contribution in [3.8, 4) is 11.5 Å². The maximum absolute atomic E-state index is 5.92. The highest BCUT2D eigenvalue weighted by Crippen LogP contribution is 2.19. The van der Waals surface area contributed by atoms with Crippen LogP contribution in [-0.2, 0) is 9.47 Å². The highest BCUT2D eigenvalue weighted by atomic mass is 127. The lowest BCUT2D eigenvalue weighted by Crippen LogP contribution is -2.38. The maximum Gasteiger partial charge on any atom is 0.191 e. The third-order valence-corrected chi connectivity index (χ3v) is 4.31. The van der Waals surface area contributed by atoms with Crippen LogP contribution in [0.15, 0.2) is 29.3 Å². The summed E-state index contributed by atoms with van der Waals surface area (Å²) in [4.78, 5) is 4.61. The number of methoxy groups -OCH3 is 1. The molecule has 7 nitrogen and oxygen atoms in total. The van der Waals surface area contributed by atoms with E-state index in [1.54, 1.807) is 7.11 Å². The summed E-state index contributed by atoms with van der Waals surface area (Å²) < 4.78 is 22.4. The van der Waals surface area contributed by atoms with E-state index in [9.17, 15) is 0 Å². The molecule has 0 amide bonds. The van der Waals surface area contributed by atoms with Crippen LogP contribution in [0.1, 0.15) is 33.1 Å². The summed E-state index contributed by atoms with van der Waals surface area (Å²) in [6.07, 6.45) is 3.44. The van der Waals surface area contributed by atoms with Gasteiger partial charge in [-0.3, -0.25) is 0 Å². The number of nitrogens with zero attached hydrogens (tertiary/aromatic N) is 1. The normalized spacial score (nSPS) is 17.3. The van der Waals surface area contributed by atoms with Gasteiger partial charge in [-0.25, -0.2) is 4.99 Å². The second kappa shape index (κ2) is 15.6. The third kappa shape index (κ3) is 10.9. The fourth-order valence-corrected chi connectivity index (χ4v) is 2.88. The van der Waals surface area contributed by atoms with Crippen LogP contribution >= 0.6 is 24.0 Å². The zero-order chi connectivity index (χ0) is 20.0. The van der Waals surface area contributed by atoms with Crippen molar-refractivity contribution in [3.63, 3.8) is 0 Å². The number of rotatable bonds is 12. The molecule has 0 radical (unpaired) electrons. The van der Waals surface area contributed by atoms with E-state index in [2.05, 4.69) is 22.5 Å². The van der Waals surface area contributed by atoms with Crippen LogP contribution < -0.4 is 20.1 Å². The quantitative estimate of drug-likeness (QED) is 0.191. The van der Waals surface area contributed by atoms with Crippen LogP contribution in [0.3, 0.4) is 0 Å². The number of nitrogens with one attached hydrogen (secondary N) is 2. The van der Waals surface area contributed by atoms with E-state index in [0.29, 0.717) is 13.2 Å². The molecular formula is C21H36IN3O4. The van der Waals surface area contributed by atoms with Crippen LogP contribution in [0.5, 0.6) is 11.5 Å². The fourth-order valence-electron chi connectivity index (χ4n) is 2.88. The van der Waals surface area contributed by atoms with E-state index in [4.69, 9.17) is 18.9 Å². The average Bonchev–Trinajstić information content (AvgIpc) is 3.22. The Morgan fingerprint density at radius 3 is 2.86 bits per heavy atom. The molecule has 0 bridgehead atoms. The summed E-state index contributed by atoms with van der Waals surface area (Å²) in [7, 11) is 1.65. The van der Waals surface area contributed by atoms with Gasteiger partial charge in [0.25, 0.3) is 0 Å². The predicted octanol–water partition coefficient (Wildman–Crippen LogP) is 3.22. The van der Waals surface area contributed by atoms with Gasteiger partial charge in [-0.05, 0) is 45.2 Å². The molecule has 2 rings (SSSR count). The Balaban J connectivity index is 0.00000420. The van der Waals surface area contributed by atoms with Crippen LogP contribution in [0.2, 0.25) is 0 Å². The first-order chi connectivity index (χ1) is 13.7. The van der Waals surface area contributed by atoms with Crippen molar-refractivity contribution in [2.24, 2.45) is 4.99 Å².